The minimum atomic E-state index is -2.80. The van der Waals surface area contributed by atoms with Crippen molar-refractivity contribution in [2.45, 2.75) is 24.4 Å². The molecule has 0 aromatic carbocycles. The maximum absolute atomic E-state index is 10.2. The summed E-state index contributed by atoms with van der Waals surface area (Å²) in [4.78, 5) is 8.36. The Balaban J connectivity index is 2.19. The van der Waals surface area contributed by atoms with Crippen LogP contribution in [0.2, 0.25) is 5.28 Å². The van der Waals surface area contributed by atoms with Gasteiger partial charge in [-0.15, -0.1) is 0 Å². The molecule has 1 rings (SSSR count). The molecule has 0 spiro atoms. The van der Waals surface area contributed by atoms with E-state index in [1.165, 1.54) is 0 Å². The Kier molecular flexibility index (Phi) is 3.35. The van der Waals surface area contributed by atoms with Gasteiger partial charge in [0, 0.05) is 0 Å². The predicted molar refractivity (Wildman–Crippen MR) is 34.4 cm³/mol. The standard InChI is InChI=1S/C4H8O4Si.Al/c1-2-3-4(5)8-9(6)7;/h4,6H,1-3H2;/q-1;+2. The molecule has 0 bridgehead atoms. The first-order chi connectivity index (χ1) is 4.79. The van der Waals surface area contributed by atoms with E-state index < -0.39 is 15.5 Å². The van der Waals surface area contributed by atoms with E-state index in [9.17, 15) is 4.46 Å². The van der Waals surface area contributed by atoms with Crippen LogP contribution in [0.25, 0.3) is 0 Å². The zero-order valence-electron chi connectivity index (χ0n) is 5.45. The van der Waals surface area contributed by atoms with Crippen LogP contribution < -0.4 is 0 Å². The van der Waals surface area contributed by atoms with Crippen molar-refractivity contribution >= 4 is 24.7 Å². The van der Waals surface area contributed by atoms with Crippen LogP contribution in [0.4, 0.5) is 0 Å². The Bertz CT molecular complexity index is 124. The molecule has 0 aliphatic carbocycles. The van der Waals surface area contributed by atoms with Crippen molar-refractivity contribution in [1.82, 2.24) is 0 Å². The molecule has 0 saturated carbocycles. The fourth-order valence-corrected chi connectivity index (χ4v) is 2.26. The number of hydrogen-bond acceptors (Lipinski definition) is 3. The molecule has 1 unspecified atom stereocenters. The van der Waals surface area contributed by atoms with Gasteiger partial charge in [0.15, 0.2) is 0 Å². The third-order valence-electron chi connectivity index (χ3n) is 1.24. The van der Waals surface area contributed by atoms with Crippen LogP contribution in [0, 0.1) is 0 Å². The van der Waals surface area contributed by atoms with Gasteiger partial charge in [-0.1, -0.05) is 0 Å². The van der Waals surface area contributed by atoms with E-state index in [-0.39, 0.29) is 15.6 Å². The van der Waals surface area contributed by atoms with Crippen LogP contribution in [0.15, 0.2) is 0 Å². The van der Waals surface area contributed by atoms with Crippen LogP contribution in [0.5, 0.6) is 0 Å². The van der Waals surface area contributed by atoms with Crippen molar-refractivity contribution in [3.05, 3.63) is 0 Å². The second-order valence-electron chi connectivity index (χ2n) is 2.05. The molecule has 0 amide bonds. The van der Waals surface area contributed by atoms with Gasteiger partial charge in [-0.2, -0.15) is 0 Å². The third kappa shape index (κ3) is 2.80. The molecule has 1 saturated heterocycles. The molecule has 10 heavy (non-hydrogen) atoms. The predicted octanol–water partition coefficient (Wildman–Crippen LogP) is -0.415. The van der Waals surface area contributed by atoms with Crippen LogP contribution >= 0.6 is 0 Å². The topological polar surface area (TPSA) is 55.8 Å². The van der Waals surface area contributed by atoms with Gasteiger partial charge in [0.2, 0.25) is 0 Å². The third-order valence-corrected chi connectivity index (χ3v) is 2.85. The molecule has 0 radical (unpaired) electrons. The first-order valence-electron chi connectivity index (χ1n) is 3.16. The van der Waals surface area contributed by atoms with E-state index in [2.05, 4.69) is 4.43 Å². The molecule has 1 heterocycles. The van der Waals surface area contributed by atoms with Gasteiger partial charge in [0.25, 0.3) is 0 Å². The van der Waals surface area contributed by atoms with Gasteiger partial charge >= 0.3 is 66.6 Å². The Labute approximate surface area is 67.1 Å². The second-order valence-corrected chi connectivity index (χ2v) is 4.00. The molecule has 1 fully saturated rings. The molecule has 1 N–H and O–H groups in total. The summed E-state index contributed by atoms with van der Waals surface area (Å²) in [6.07, 6.45) is 1.40. The van der Waals surface area contributed by atoms with E-state index in [4.69, 9.17) is 8.58 Å². The molecule has 1 atom stereocenters. The SMILES string of the molecule is O=[Si](O)OC1CC[CH2][Al+][O]1. The van der Waals surface area contributed by atoms with E-state index in [0.717, 1.165) is 18.1 Å². The van der Waals surface area contributed by atoms with Crippen molar-refractivity contribution < 1.29 is 17.5 Å². The molecule has 1 aliphatic rings. The first-order valence-corrected chi connectivity index (χ1v) is 5.71. The molecule has 1 aliphatic heterocycles. The molecule has 54 valence electrons. The zero-order valence-corrected chi connectivity index (χ0v) is 7.60. The van der Waals surface area contributed by atoms with E-state index in [1.54, 1.807) is 0 Å². The van der Waals surface area contributed by atoms with Crippen molar-refractivity contribution in [3.8, 4) is 0 Å². The zero-order chi connectivity index (χ0) is 7.40. The molecular formula is C4H8AlO4Si+. The van der Waals surface area contributed by atoms with Crippen molar-refractivity contribution in [1.29, 1.82) is 0 Å². The summed E-state index contributed by atoms with van der Waals surface area (Å²) in [7, 11) is -2.80. The average Bonchev–Trinajstić information content (AvgIpc) is 1.88. The fourth-order valence-electron chi connectivity index (χ4n) is 0.810. The van der Waals surface area contributed by atoms with Gasteiger partial charge in [0.1, 0.15) is 0 Å². The van der Waals surface area contributed by atoms with Crippen molar-refractivity contribution in [3.63, 3.8) is 0 Å². The van der Waals surface area contributed by atoms with E-state index in [1.807, 2.05) is 0 Å². The monoisotopic (exact) mass is 175 g/mol. The molecule has 4 nitrogen and oxygen atoms in total. The summed E-state index contributed by atoms with van der Waals surface area (Å²) in [5, 5.41) is 1.10. The van der Waals surface area contributed by atoms with E-state index in [0.29, 0.717) is 0 Å². The van der Waals surface area contributed by atoms with Gasteiger partial charge in [-0.3, -0.25) is 0 Å². The summed E-state index contributed by atoms with van der Waals surface area (Å²) in [6, 6.07) is 0. The van der Waals surface area contributed by atoms with Gasteiger partial charge < -0.3 is 0 Å². The molecule has 0 aromatic heterocycles. The van der Waals surface area contributed by atoms with Crippen molar-refractivity contribution in [2.75, 3.05) is 0 Å². The summed E-state index contributed by atoms with van der Waals surface area (Å²) in [5.74, 6) is 0. The van der Waals surface area contributed by atoms with Crippen molar-refractivity contribution in [2.24, 2.45) is 0 Å². The number of hydrogen-bond donors (Lipinski definition) is 1. The van der Waals surface area contributed by atoms with Crippen LogP contribution in [-0.2, 0) is 12.7 Å². The Hall–Kier alpha value is 0.109. The van der Waals surface area contributed by atoms with Crippen LogP contribution in [0.1, 0.15) is 12.8 Å². The maximum atomic E-state index is 10.2. The first kappa shape index (κ1) is 8.21. The average molecular weight is 175 g/mol. The van der Waals surface area contributed by atoms with Gasteiger partial charge in [-0.05, 0) is 0 Å². The molecule has 6 heteroatoms. The van der Waals surface area contributed by atoms with E-state index >= 15 is 0 Å². The van der Waals surface area contributed by atoms with Gasteiger partial charge in [0.05, 0.1) is 0 Å². The molecule has 0 aromatic rings. The van der Waals surface area contributed by atoms with Crippen LogP contribution in [0.3, 0.4) is 0 Å². The summed E-state index contributed by atoms with van der Waals surface area (Å²) in [5.41, 5.74) is 0. The summed E-state index contributed by atoms with van der Waals surface area (Å²) >= 11 is -0.00889. The summed E-state index contributed by atoms with van der Waals surface area (Å²) in [6.45, 7) is 0. The Morgan fingerprint density at radius 3 is 3.10 bits per heavy atom. The van der Waals surface area contributed by atoms with Gasteiger partial charge in [-0.25, -0.2) is 0 Å². The second kappa shape index (κ2) is 4.09. The Morgan fingerprint density at radius 2 is 2.60 bits per heavy atom. The van der Waals surface area contributed by atoms with Crippen LogP contribution in [-0.4, -0.2) is 35.8 Å². The Morgan fingerprint density at radius 1 is 1.80 bits per heavy atom. The normalized spacial score (nSPS) is 24.2. The quantitative estimate of drug-likeness (QED) is 0.579. The minimum absolute atomic E-state index is 0.00889. The fraction of sp³-hybridized carbons (Fsp3) is 1.00. The summed E-state index contributed by atoms with van der Waals surface area (Å²) < 4.78 is 19.9. The number of rotatable bonds is 2. The molecular weight excluding hydrogens is 167 g/mol.